The van der Waals surface area contributed by atoms with Crippen molar-refractivity contribution in [3.05, 3.63) is 36.4 Å². The highest BCUT2D eigenvalue weighted by molar-refractivity contribution is 5.86. The van der Waals surface area contributed by atoms with E-state index in [2.05, 4.69) is 16.4 Å². The molecule has 0 aromatic heterocycles. The second-order valence-electron chi connectivity index (χ2n) is 2.70. The zero-order chi connectivity index (χ0) is 10.6. The molecular weight excluding hydrogens is 184 g/mol. The predicted octanol–water partition coefficient (Wildman–Crippen LogP) is 1.81. The van der Waals surface area contributed by atoms with Crippen LogP contribution in [0.15, 0.2) is 36.4 Å². The summed E-state index contributed by atoms with van der Waals surface area (Å²) in [6, 6.07) is 6.16. The van der Waals surface area contributed by atoms with Crippen molar-refractivity contribution in [1.29, 1.82) is 0 Å². The van der Waals surface area contributed by atoms with Crippen molar-refractivity contribution in [2.75, 3.05) is 0 Å². The average Bonchev–Trinajstić information content (AvgIpc) is 2.16. The first kappa shape index (κ1) is 10.1. The van der Waals surface area contributed by atoms with Crippen LogP contribution in [0.4, 0.5) is 0 Å². The topological polar surface area (TPSA) is 55.8 Å². The van der Waals surface area contributed by atoms with Gasteiger partial charge in [0.25, 0.3) is 0 Å². The molecule has 4 nitrogen and oxygen atoms in total. The molecule has 1 rings (SSSR count). The van der Waals surface area contributed by atoms with Crippen molar-refractivity contribution < 1.29 is 19.7 Å². The number of rotatable bonds is 3. The van der Waals surface area contributed by atoms with Crippen LogP contribution in [0.3, 0.4) is 0 Å². The van der Waals surface area contributed by atoms with Crippen LogP contribution in [0.5, 0.6) is 11.5 Å². The van der Waals surface area contributed by atoms with Crippen molar-refractivity contribution in [2.24, 2.45) is 0 Å². The van der Waals surface area contributed by atoms with Gasteiger partial charge in [-0.15, -0.1) is 0 Å². The maximum Gasteiger partial charge on any atom is 0.381 e. The van der Waals surface area contributed by atoms with Crippen molar-refractivity contribution in [1.82, 2.24) is 0 Å². The van der Waals surface area contributed by atoms with Gasteiger partial charge in [0.05, 0.1) is 0 Å². The third-order valence-corrected chi connectivity index (χ3v) is 1.42. The van der Waals surface area contributed by atoms with Crippen LogP contribution in [-0.2, 0) is 9.68 Å². The fourth-order valence-electron chi connectivity index (χ4n) is 0.681. The minimum absolute atomic E-state index is 0.0853. The van der Waals surface area contributed by atoms with Crippen LogP contribution in [0, 0.1) is 0 Å². The molecule has 0 heterocycles. The largest absolute Gasteiger partial charge is 0.504 e. The van der Waals surface area contributed by atoms with Gasteiger partial charge in [0.15, 0.2) is 5.75 Å². The van der Waals surface area contributed by atoms with Crippen molar-refractivity contribution in [3.63, 3.8) is 0 Å². The lowest BCUT2D eigenvalue weighted by atomic mass is 10.3. The first-order valence-electron chi connectivity index (χ1n) is 3.93. The second-order valence-corrected chi connectivity index (χ2v) is 2.70. The highest BCUT2D eigenvalue weighted by Gasteiger charge is 2.07. The fourth-order valence-corrected chi connectivity index (χ4v) is 0.681. The molecule has 0 amide bonds. The number of para-hydroxylation sites is 2. The van der Waals surface area contributed by atoms with Crippen LogP contribution >= 0.6 is 0 Å². The molecule has 4 heteroatoms. The summed E-state index contributed by atoms with van der Waals surface area (Å²) < 4.78 is 0. The van der Waals surface area contributed by atoms with E-state index in [1.807, 2.05) is 0 Å². The molecule has 0 radical (unpaired) electrons. The predicted molar refractivity (Wildman–Crippen MR) is 49.6 cm³/mol. The van der Waals surface area contributed by atoms with Gasteiger partial charge in [0.1, 0.15) is 0 Å². The van der Waals surface area contributed by atoms with E-state index in [1.54, 1.807) is 12.1 Å². The number of phenols is 1. The number of carbonyl (C=O) groups is 1. The monoisotopic (exact) mass is 194 g/mol. The van der Waals surface area contributed by atoms with E-state index >= 15 is 0 Å². The summed E-state index contributed by atoms with van der Waals surface area (Å²) in [6.45, 7) is 4.87. The molecule has 0 aliphatic rings. The molecule has 0 fully saturated rings. The molecule has 0 atom stereocenters. The Bertz CT molecular complexity index is 357. The SMILES string of the molecule is C=C(C)C(=O)OOc1ccccc1O. The Labute approximate surface area is 81.3 Å². The van der Waals surface area contributed by atoms with Gasteiger partial charge in [-0.05, 0) is 19.1 Å². The summed E-state index contributed by atoms with van der Waals surface area (Å²) in [4.78, 5) is 19.9. The van der Waals surface area contributed by atoms with E-state index in [9.17, 15) is 9.90 Å². The van der Waals surface area contributed by atoms with Crippen LogP contribution in [0.2, 0.25) is 0 Å². The van der Waals surface area contributed by atoms with Gasteiger partial charge < -0.3 is 5.11 Å². The summed E-state index contributed by atoms with van der Waals surface area (Å²) in [5.74, 6) is -0.683. The van der Waals surface area contributed by atoms with Gasteiger partial charge in [0, 0.05) is 5.57 Å². The van der Waals surface area contributed by atoms with E-state index in [-0.39, 0.29) is 17.1 Å². The average molecular weight is 194 g/mol. The smallest absolute Gasteiger partial charge is 0.381 e. The quantitative estimate of drug-likeness (QED) is 0.453. The van der Waals surface area contributed by atoms with Crippen molar-refractivity contribution in [3.8, 4) is 11.5 Å². The van der Waals surface area contributed by atoms with Crippen LogP contribution in [0.1, 0.15) is 6.92 Å². The molecule has 14 heavy (non-hydrogen) atoms. The summed E-state index contributed by atoms with van der Waals surface area (Å²) >= 11 is 0. The number of hydrogen-bond acceptors (Lipinski definition) is 4. The lowest BCUT2D eigenvalue weighted by Crippen LogP contribution is -2.08. The van der Waals surface area contributed by atoms with E-state index in [0.29, 0.717) is 0 Å². The number of phenolic OH excluding ortho intramolecular Hbond substituents is 1. The molecule has 0 saturated carbocycles. The van der Waals surface area contributed by atoms with Gasteiger partial charge >= 0.3 is 5.97 Å². The molecule has 74 valence electrons. The Kier molecular flexibility index (Phi) is 3.12. The Morgan fingerprint density at radius 2 is 2.07 bits per heavy atom. The molecule has 1 N–H and O–H groups in total. The highest BCUT2D eigenvalue weighted by atomic mass is 17.2. The second kappa shape index (κ2) is 4.32. The molecule has 0 aliphatic heterocycles. The Morgan fingerprint density at radius 1 is 1.43 bits per heavy atom. The van der Waals surface area contributed by atoms with Crippen molar-refractivity contribution >= 4 is 5.97 Å². The molecule has 1 aromatic carbocycles. The number of aromatic hydroxyl groups is 1. The Balaban J connectivity index is 2.58. The zero-order valence-electron chi connectivity index (χ0n) is 7.69. The Morgan fingerprint density at radius 3 is 2.64 bits per heavy atom. The standard InChI is InChI=1S/C10H10O4/c1-7(2)10(12)14-13-9-6-4-3-5-8(9)11/h3-6,11H,1H2,2H3. The van der Waals surface area contributed by atoms with E-state index in [1.165, 1.54) is 19.1 Å². The van der Waals surface area contributed by atoms with Gasteiger partial charge in [-0.2, -0.15) is 0 Å². The summed E-state index contributed by atoms with van der Waals surface area (Å²) in [5, 5.41) is 9.22. The summed E-state index contributed by atoms with van der Waals surface area (Å²) in [7, 11) is 0. The number of hydrogen-bond donors (Lipinski definition) is 1. The molecule has 1 aromatic rings. The summed E-state index contributed by atoms with van der Waals surface area (Å²) in [6.07, 6.45) is 0. The zero-order valence-corrected chi connectivity index (χ0v) is 7.69. The third-order valence-electron chi connectivity index (χ3n) is 1.42. The lowest BCUT2D eigenvalue weighted by molar-refractivity contribution is -0.209. The summed E-state index contributed by atoms with van der Waals surface area (Å²) in [5.41, 5.74) is 0.223. The highest BCUT2D eigenvalue weighted by Crippen LogP contribution is 2.24. The van der Waals surface area contributed by atoms with E-state index in [0.717, 1.165) is 0 Å². The minimum atomic E-state index is -0.673. The Hall–Kier alpha value is -1.97. The van der Waals surface area contributed by atoms with E-state index in [4.69, 9.17) is 0 Å². The van der Waals surface area contributed by atoms with Gasteiger partial charge in [-0.3, -0.25) is 4.89 Å². The van der Waals surface area contributed by atoms with Gasteiger partial charge in [-0.25, -0.2) is 9.68 Å². The molecule has 0 bridgehead atoms. The number of carbonyl (C=O) groups excluding carboxylic acids is 1. The van der Waals surface area contributed by atoms with Crippen LogP contribution in [0.25, 0.3) is 0 Å². The third kappa shape index (κ3) is 2.52. The fraction of sp³-hybridized carbons (Fsp3) is 0.100. The van der Waals surface area contributed by atoms with Gasteiger partial charge in [0.2, 0.25) is 5.75 Å². The molecular formula is C10H10O4. The normalized spacial score (nSPS) is 9.21. The molecule has 0 spiro atoms. The lowest BCUT2D eigenvalue weighted by Gasteiger charge is -2.04. The molecule has 0 unspecified atom stereocenters. The maximum atomic E-state index is 10.9. The van der Waals surface area contributed by atoms with Crippen molar-refractivity contribution in [2.45, 2.75) is 6.92 Å². The number of benzene rings is 1. The maximum absolute atomic E-state index is 10.9. The molecule has 0 saturated heterocycles. The van der Waals surface area contributed by atoms with Crippen LogP contribution in [-0.4, -0.2) is 11.1 Å². The molecule has 0 aliphatic carbocycles. The minimum Gasteiger partial charge on any atom is -0.504 e. The first-order valence-corrected chi connectivity index (χ1v) is 3.93. The van der Waals surface area contributed by atoms with Gasteiger partial charge in [-0.1, -0.05) is 18.7 Å². The van der Waals surface area contributed by atoms with Crippen LogP contribution < -0.4 is 4.89 Å². The van der Waals surface area contributed by atoms with E-state index < -0.39 is 5.97 Å². The first-order chi connectivity index (χ1) is 6.61.